The van der Waals surface area contributed by atoms with E-state index < -0.39 is 17.3 Å². The van der Waals surface area contributed by atoms with Crippen LogP contribution in [-0.2, 0) is 9.59 Å². The van der Waals surface area contributed by atoms with Crippen molar-refractivity contribution in [1.82, 2.24) is 10.2 Å². The molecular formula is C20H28N2O4. The topological polar surface area (TPSA) is 86.7 Å². The highest BCUT2D eigenvalue weighted by Gasteiger charge is 2.39. The molecule has 0 spiro atoms. The van der Waals surface area contributed by atoms with Gasteiger partial charge in [-0.2, -0.15) is 0 Å². The fourth-order valence-corrected chi connectivity index (χ4v) is 3.45. The zero-order valence-corrected chi connectivity index (χ0v) is 15.5. The highest BCUT2D eigenvalue weighted by Crippen LogP contribution is 2.30. The van der Waals surface area contributed by atoms with Crippen molar-refractivity contribution < 1.29 is 19.5 Å². The van der Waals surface area contributed by atoms with Gasteiger partial charge < -0.3 is 15.3 Å². The molecule has 1 saturated heterocycles. The van der Waals surface area contributed by atoms with Crippen LogP contribution in [-0.4, -0.2) is 47.4 Å². The Hall–Kier alpha value is -2.37. The van der Waals surface area contributed by atoms with Crippen LogP contribution in [0, 0.1) is 11.3 Å². The Morgan fingerprint density at radius 3 is 2.58 bits per heavy atom. The van der Waals surface area contributed by atoms with Crippen molar-refractivity contribution in [3.05, 3.63) is 35.9 Å². The molecule has 1 aliphatic heterocycles. The summed E-state index contributed by atoms with van der Waals surface area (Å²) < 4.78 is 0. The van der Waals surface area contributed by atoms with Crippen LogP contribution in [0.3, 0.4) is 0 Å². The van der Waals surface area contributed by atoms with Crippen molar-refractivity contribution in [3.63, 3.8) is 0 Å². The second-order valence-electron chi connectivity index (χ2n) is 7.29. The summed E-state index contributed by atoms with van der Waals surface area (Å²) in [6, 6.07) is 9.05. The Kier molecular flexibility index (Phi) is 6.77. The van der Waals surface area contributed by atoms with E-state index in [1.54, 1.807) is 17.0 Å². The van der Waals surface area contributed by atoms with Gasteiger partial charge in [0.25, 0.3) is 5.91 Å². The number of amides is 2. The van der Waals surface area contributed by atoms with Gasteiger partial charge in [-0.25, -0.2) is 0 Å². The lowest BCUT2D eigenvalue weighted by atomic mass is 9.80. The van der Waals surface area contributed by atoms with Crippen molar-refractivity contribution in [2.75, 3.05) is 19.6 Å². The monoisotopic (exact) mass is 360 g/mol. The first-order valence-electron chi connectivity index (χ1n) is 9.23. The van der Waals surface area contributed by atoms with Crippen LogP contribution in [0.15, 0.2) is 30.3 Å². The number of nitrogens with zero attached hydrogens (tertiary/aromatic N) is 1. The molecule has 2 N–H and O–H groups in total. The highest BCUT2D eigenvalue weighted by molar-refractivity contribution is 5.95. The number of rotatable bonds is 7. The summed E-state index contributed by atoms with van der Waals surface area (Å²) in [5, 5.41) is 12.0. The minimum absolute atomic E-state index is 0.0706. The lowest BCUT2D eigenvalue weighted by Gasteiger charge is -2.39. The molecule has 2 atom stereocenters. The molecule has 1 aliphatic rings. The zero-order chi connectivity index (χ0) is 19.2. The number of carboxylic acid groups (broad SMARTS) is 1. The number of nitrogens with one attached hydrogen (secondary N) is 1. The number of carboxylic acids is 1. The largest absolute Gasteiger partial charge is 0.481 e. The molecule has 2 amide bonds. The number of aliphatic carboxylic acids is 1. The van der Waals surface area contributed by atoms with Gasteiger partial charge in [-0.15, -0.1) is 0 Å². The number of piperidine rings is 1. The van der Waals surface area contributed by atoms with E-state index in [-0.39, 0.29) is 18.4 Å². The number of hydrogen-bond acceptors (Lipinski definition) is 3. The maximum absolute atomic E-state index is 12.7. The highest BCUT2D eigenvalue weighted by atomic mass is 16.4. The van der Waals surface area contributed by atoms with E-state index in [1.807, 2.05) is 32.0 Å². The minimum atomic E-state index is -0.887. The van der Waals surface area contributed by atoms with Gasteiger partial charge in [0.05, 0.1) is 11.3 Å². The molecule has 0 radical (unpaired) electrons. The van der Waals surface area contributed by atoms with Gasteiger partial charge in [-0.05, 0) is 38.3 Å². The van der Waals surface area contributed by atoms with Crippen LogP contribution in [0.1, 0.15) is 49.9 Å². The van der Waals surface area contributed by atoms with E-state index >= 15 is 0 Å². The first-order valence-corrected chi connectivity index (χ1v) is 9.23. The third kappa shape index (κ3) is 4.84. The summed E-state index contributed by atoms with van der Waals surface area (Å²) >= 11 is 0. The van der Waals surface area contributed by atoms with Crippen LogP contribution in [0.2, 0.25) is 0 Å². The fraction of sp³-hybridized carbons (Fsp3) is 0.550. The Bertz CT molecular complexity index is 646. The average Bonchev–Trinajstić information content (AvgIpc) is 2.64. The van der Waals surface area contributed by atoms with Crippen LogP contribution >= 0.6 is 0 Å². The molecule has 0 bridgehead atoms. The van der Waals surface area contributed by atoms with Gasteiger partial charge in [0.2, 0.25) is 5.91 Å². The number of hydrogen-bond donors (Lipinski definition) is 2. The summed E-state index contributed by atoms with van der Waals surface area (Å²) in [7, 11) is 0. The molecule has 0 saturated carbocycles. The normalized spacial score (nSPS) is 21.1. The van der Waals surface area contributed by atoms with Crippen molar-refractivity contribution in [1.29, 1.82) is 0 Å². The molecule has 1 aromatic carbocycles. The third-order valence-electron chi connectivity index (χ3n) is 5.05. The average molecular weight is 360 g/mol. The van der Waals surface area contributed by atoms with E-state index in [0.29, 0.717) is 31.5 Å². The predicted molar refractivity (Wildman–Crippen MR) is 98.7 cm³/mol. The summed E-state index contributed by atoms with van der Waals surface area (Å²) in [6.45, 7) is 4.88. The summed E-state index contributed by atoms with van der Waals surface area (Å²) in [5.41, 5.74) is -0.0798. The van der Waals surface area contributed by atoms with Crippen LogP contribution in [0.4, 0.5) is 0 Å². The third-order valence-corrected chi connectivity index (χ3v) is 5.05. The Morgan fingerprint density at radius 2 is 1.96 bits per heavy atom. The van der Waals surface area contributed by atoms with E-state index in [0.717, 1.165) is 12.8 Å². The van der Waals surface area contributed by atoms with Crippen molar-refractivity contribution >= 4 is 17.8 Å². The van der Waals surface area contributed by atoms with Gasteiger partial charge >= 0.3 is 5.97 Å². The predicted octanol–water partition coefficient (Wildman–Crippen LogP) is 2.55. The van der Waals surface area contributed by atoms with Crippen molar-refractivity contribution in [2.24, 2.45) is 11.3 Å². The van der Waals surface area contributed by atoms with E-state index in [1.165, 1.54) is 0 Å². The quantitative estimate of drug-likeness (QED) is 0.782. The molecule has 6 heteroatoms. The lowest BCUT2D eigenvalue weighted by Crippen LogP contribution is -2.52. The molecule has 26 heavy (non-hydrogen) atoms. The van der Waals surface area contributed by atoms with E-state index in [2.05, 4.69) is 5.32 Å². The first kappa shape index (κ1) is 19.9. The smallest absolute Gasteiger partial charge is 0.308 e. The van der Waals surface area contributed by atoms with Gasteiger partial charge in [0, 0.05) is 25.2 Å². The molecule has 1 aromatic rings. The van der Waals surface area contributed by atoms with Gasteiger partial charge in [-0.1, -0.05) is 31.5 Å². The SMILES string of the molecule is CCCC(CNC(=O)C1(C)CCCN(C(=O)c2ccccc2)C1)C(=O)O. The second-order valence-corrected chi connectivity index (χ2v) is 7.29. The minimum Gasteiger partial charge on any atom is -0.481 e. The molecule has 142 valence electrons. The van der Waals surface area contributed by atoms with Crippen molar-refractivity contribution in [2.45, 2.75) is 39.5 Å². The van der Waals surface area contributed by atoms with Crippen LogP contribution in [0.25, 0.3) is 0 Å². The van der Waals surface area contributed by atoms with Crippen LogP contribution in [0.5, 0.6) is 0 Å². The fourth-order valence-electron chi connectivity index (χ4n) is 3.45. The molecule has 0 aromatic heterocycles. The standard InChI is InChI=1S/C20H28N2O4/c1-3-8-16(18(24)25)13-21-19(26)20(2)11-7-12-22(14-20)17(23)15-9-5-4-6-10-15/h4-6,9-10,16H,3,7-8,11-14H2,1-2H3,(H,21,26)(H,24,25). The first-order chi connectivity index (χ1) is 12.4. The number of carbonyl (C=O) groups is 3. The molecule has 2 rings (SSSR count). The Balaban J connectivity index is 2.00. The Morgan fingerprint density at radius 1 is 1.27 bits per heavy atom. The summed E-state index contributed by atoms with van der Waals surface area (Å²) in [6.07, 6.45) is 2.72. The van der Waals surface area contributed by atoms with Gasteiger partial charge in [0.15, 0.2) is 0 Å². The number of likely N-dealkylation sites (tertiary alicyclic amines) is 1. The molecule has 0 aliphatic carbocycles. The van der Waals surface area contributed by atoms with Gasteiger partial charge in [-0.3, -0.25) is 14.4 Å². The van der Waals surface area contributed by atoms with Gasteiger partial charge in [0.1, 0.15) is 0 Å². The molecular weight excluding hydrogens is 332 g/mol. The summed E-state index contributed by atoms with van der Waals surface area (Å²) in [5.74, 6) is -1.70. The lowest BCUT2D eigenvalue weighted by molar-refractivity contribution is -0.142. The second kappa shape index (κ2) is 8.83. The van der Waals surface area contributed by atoms with E-state index in [9.17, 15) is 19.5 Å². The Labute approximate surface area is 154 Å². The molecule has 6 nitrogen and oxygen atoms in total. The molecule has 2 unspecified atom stereocenters. The zero-order valence-electron chi connectivity index (χ0n) is 15.5. The molecule has 1 fully saturated rings. The summed E-state index contributed by atoms with van der Waals surface area (Å²) in [4.78, 5) is 38.4. The van der Waals surface area contributed by atoms with Crippen molar-refractivity contribution in [3.8, 4) is 0 Å². The van der Waals surface area contributed by atoms with E-state index in [4.69, 9.17) is 0 Å². The number of benzene rings is 1. The molecule has 1 heterocycles. The number of carbonyl (C=O) groups excluding carboxylic acids is 2. The van der Waals surface area contributed by atoms with Crippen LogP contribution < -0.4 is 5.32 Å². The maximum Gasteiger partial charge on any atom is 0.308 e. The maximum atomic E-state index is 12.7.